The molecule has 17 heavy (non-hydrogen) atoms. The van der Waals surface area contributed by atoms with Crippen LogP contribution in [0, 0.1) is 5.82 Å². The van der Waals surface area contributed by atoms with Crippen LogP contribution in [-0.4, -0.2) is 37.9 Å². The highest BCUT2D eigenvalue weighted by Crippen LogP contribution is 2.18. The smallest absolute Gasteiger partial charge is 0.152 e. The lowest BCUT2D eigenvalue weighted by Gasteiger charge is -2.26. The van der Waals surface area contributed by atoms with Crippen LogP contribution in [-0.2, 0) is 16.4 Å². The number of halogens is 2. The SMILES string of the molecule is O=S1(=O)CCN(Cc2ccc(F)c(Br)c2)CC1. The lowest BCUT2D eigenvalue weighted by molar-refractivity contribution is 0.287. The Bertz CT molecular complexity index is 504. The summed E-state index contributed by atoms with van der Waals surface area (Å²) in [5.74, 6) is 0.153. The fourth-order valence-electron chi connectivity index (χ4n) is 1.80. The summed E-state index contributed by atoms with van der Waals surface area (Å²) in [5, 5.41) is 0. The van der Waals surface area contributed by atoms with Crippen LogP contribution < -0.4 is 0 Å². The average Bonchev–Trinajstić information content (AvgIpc) is 2.27. The van der Waals surface area contributed by atoms with Gasteiger partial charge in [-0.1, -0.05) is 6.07 Å². The van der Waals surface area contributed by atoms with Crippen LogP contribution in [0.1, 0.15) is 5.56 Å². The topological polar surface area (TPSA) is 37.4 Å². The number of hydrogen-bond donors (Lipinski definition) is 0. The Morgan fingerprint density at radius 3 is 2.53 bits per heavy atom. The summed E-state index contributed by atoms with van der Waals surface area (Å²) >= 11 is 3.14. The molecule has 0 amide bonds. The first kappa shape index (κ1) is 13.0. The maximum absolute atomic E-state index is 13.0. The third kappa shape index (κ3) is 3.50. The molecule has 0 saturated carbocycles. The maximum atomic E-state index is 13.0. The van der Waals surface area contributed by atoms with Gasteiger partial charge in [0, 0.05) is 19.6 Å². The summed E-state index contributed by atoms with van der Waals surface area (Å²) in [4.78, 5) is 2.07. The molecule has 1 aromatic rings. The van der Waals surface area contributed by atoms with E-state index in [-0.39, 0.29) is 17.3 Å². The number of nitrogens with zero attached hydrogens (tertiary/aromatic N) is 1. The molecule has 1 saturated heterocycles. The molecule has 6 heteroatoms. The van der Waals surface area contributed by atoms with Crippen LogP contribution in [0.25, 0.3) is 0 Å². The predicted molar refractivity (Wildman–Crippen MR) is 68.0 cm³/mol. The van der Waals surface area contributed by atoms with Crippen molar-refractivity contribution in [1.29, 1.82) is 0 Å². The van der Waals surface area contributed by atoms with Crippen molar-refractivity contribution < 1.29 is 12.8 Å². The fraction of sp³-hybridized carbons (Fsp3) is 0.455. The van der Waals surface area contributed by atoms with Crippen LogP contribution in [0.4, 0.5) is 4.39 Å². The Hall–Kier alpha value is -0.460. The standard InChI is InChI=1S/C11H13BrFNO2S/c12-10-7-9(1-2-11(10)13)8-14-3-5-17(15,16)6-4-14/h1-2,7H,3-6,8H2. The molecule has 1 aliphatic rings. The summed E-state index contributed by atoms with van der Waals surface area (Å²) in [7, 11) is -2.83. The van der Waals surface area contributed by atoms with Gasteiger partial charge in [0.05, 0.1) is 16.0 Å². The van der Waals surface area contributed by atoms with E-state index in [4.69, 9.17) is 0 Å². The molecule has 2 rings (SSSR count). The highest BCUT2D eigenvalue weighted by atomic mass is 79.9. The Morgan fingerprint density at radius 2 is 1.94 bits per heavy atom. The van der Waals surface area contributed by atoms with E-state index in [1.807, 2.05) is 0 Å². The molecule has 0 radical (unpaired) electrons. The van der Waals surface area contributed by atoms with E-state index in [1.165, 1.54) is 6.07 Å². The van der Waals surface area contributed by atoms with Gasteiger partial charge in [0.25, 0.3) is 0 Å². The molecule has 0 aromatic heterocycles. The average molecular weight is 322 g/mol. The third-order valence-electron chi connectivity index (χ3n) is 2.83. The number of sulfone groups is 1. The lowest BCUT2D eigenvalue weighted by Crippen LogP contribution is -2.39. The Labute approximate surface area is 109 Å². The molecule has 0 atom stereocenters. The zero-order chi connectivity index (χ0) is 12.5. The second kappa shape index (κ2) is 5.04. The monoisotopic (exact) mass is 321 g/mol. The van der Waals surface area contributed by atoms with Gasteiger partial charge >= 0.3 is 0 Å². The molecular weight excluding hydrogens is 309 g/mol. The number of benzene rings is 1. The minimum absolute atomic E-state index is 0.218. The molecule has 94 valence electrons. The fourth-order valence-corrected chi connectivity index (χ4v) is 3.51. The minimum atomic E-state index is -2.83. The first-order valence-electron chi connectivity index (χ1n) is 5.33. The van der Waals surface area contributed by atoms with Crippen LogP contribution in [0.5, 0.6) is 0 Å². The van der Waals surface area contributed by atoms with E-state index < -0.39 is 9.84 Å². The van der Waals surface area contributed by atoms with Gasteiger partial charge < -0.3 is 0 Å². The summed E-state index contributed by atoms with van der Waals surface area (Å²) in [5.41, 5.74) is 0.984. The third-order valence-corrected chi connectivity index (χ3v) is 5.04. The summed E-state index contributed by atoms with van der Waals surface area (Å²) in [6.07, 6.45) is 0. The van der Waals surface area contributed by atoms with Crippen LogP contribution in [0.3, 0.4) is 0 Å². The van der Waals surface area contributed by atoms with Crippen molar-refractivity contribution in [2.24, 2.45) is 0 Å². The van der Waals surface area contributed by atoms with E-state index >= 15 is 0 Å². The lowest BCUT2D eigenvalue weighted by atomic mass is 10.2. The van der Waals surface area contributed by atoms with Crippen LogP contribution in [0.15, 0.2) is 22.7 Å². The molecule has 1 heterocycles. The predicted octanol–water partition coefficient (Wildman–Crippen LogP) is 1.82. The first-order chi connectivity index (χ1) is 7.96. The second-order valence-electron chi connectivity index (χ2n) is 4.18. The molecule has 0 unspecified atom stereocenters. The number of hydrogen-bond acceptors (Lipinski definition) is 3. The summed E-state index contributed by atoms with van der Waals surface area (Å²) in [6, 6.07) is 4.88. The molecule has 1 aliphatic heterocycles. The minimum Gasteiger partial charge on any atom is -0.297 e. The van der Waals surface area contributed by atoms with Crippen molar-refractivity contribution in [3.8, 4) is 0 Å². The van der Waals surface area contributed by atoms with Crippen molar-refractivity contribution in [3.05, 3.63) is 34.1 Å². The zero-order valence-electron chi connectivity index (χ0n) is 9.20. The molecule has 0 bridgehead atoms. The van der Waals surface area contributed by atoms with E-state index in [1.54, 1.807) is 12.1 Å². The van der Waals surface area contributed by atoms with Gasteiger partial charge in [0.15, 0.2) is 9.84 Å². The van der Waals surface area contributed by atoms with Crippen molar-refractivity contribution in [1.82, 2.24) is 4.90 Å². The molecule has 1 fully saturated rings. The van der Waals surface area contributed by atoms with Gasteiger partial charge in [-0.2, -0.15) is 0 Å². The van der Waals surface area contributed by atoms with E-state index in [2.05, 4.69) is 20.8 Å². The second-order valence-corrected chi connectivity index (χ2v) is 7.33. The van der Waals surface area contributed by atoms with Gasteiger partial charge in [-0.05, 0) is 33.6 Å². The zero-order valence-corrected chi connectivity index (χ0v) is 11.6. The van der Waals surface area contributed by atoms with Crippen molar-refractivity contribution in [3.63, 3.8) is 0 Å². The van der Waals surface area contributed by atoms with Gasteiger partial charge in [0.2, 0.25) is 0 Å². The highest BCUT2D eigenvalue weighted by molar-refractivity contribution is 9.10. The quantitative estimate of drug-likeness (QED) is 0.833. The Morgan fingerprint density at radius 1 is 1.29 bits per heavy atom. The maximum Gasteiger partial charge on any atom is 0.152 e. The molecule has 3 nitrogen and oxygen atoms in total. The summed E-state index contributed by atoms with van der Waals surface area (Å²) < 4.78 is 36.0. The van der Waals surface area contributed by atoms with Gasteiger partial charge in [-0.15, -0.1) is 0 Å². The Kier molecular flexibility index (Phi) is 3.85. The molecular formula is C11H13BrFNO2S. The van der Waals surface area contributed by atoms with Crippen LogP contribution >= 0.6 is 15.9 Å². The van der Waals surface area contributed by atoms with Crippen molar-refractivity contribution in [2.45, 2.75) is 6.54 Å². The first-order valence-corrected chi connectivity index (χ1v) is 7.94. The van der Waals surface area contributed by atoms with Crippen LogP contribution in [0.2, 0.25) is 0 Å². The van der Waals surface area contributed by atoms with Gasteiger partial charge in [-0.3, -0.25) is 4.90 Å². The molecule has 1 aromatic carbocycles. The van der Waals surface area contributed by atoms with E-state index in [0.29, 0.717) is 24.1 Å². The summed E-state index contributed by atoms with van der Waals surface area (Å²) in [6.45, 7) is 1.77. The van der Waals surface area contributed by atoms with Gasteiger partial charge in [-0.25, -0.2) is 12.8 Å². The molecule has 0 spiro atoms. The largest absolute Gasteiger partial charge is 0.297 e. The highest BCUT2D eigenvalue weighted by Gasteiger charge is 2.21. The van der Waals surface area contributed by atoms with Gasteiger partial charge in [0.1, 0.15) is 5.82 Å². The Balaban J connectivity index is 2.00. The number of rotatable bonds is 2. The molecule has 0 aliphatic carbocycles. The van der Waals surface area contributed by atoms with Crippen molar-refractivity contribution in [2.75, 3.05) is 24.6 Å². The van der Waals surface area contributed by atoms with E-state index in [9.17, 15) is 12.8 Å². The molecule has 0 N–H and O–H groups in total. The van der Waals surface area contributed by atoms with E-state index in [0.717, 1.165) is 5.56 Å². The van der Waals surface area contributed by atoms with Crippen molar-refractivity contribution >= 4 is 25.8 Å². The normalized spacial score (nSPS) is 20.4.